The zero-order chi connectivity index (χ0) is 13.9. The smallest absolute Gasteiger partial charge is 0.273 e. The number of benzene rings is 1. The lowest BCUT2D eigenvalue weighted by Crippen LogP contribution is -2.39. The van der Waals surface area contributed by atoms with Gasteiger partial charge in [0.15, 0.2) is 0 Å². The molecule has 1 aromatic rings. The number of non-ortho nitro benzene ring substituents is 1. The highest BCUT2D eigenvalue weighted by Gasteiger charge is 2.23. The molecule has 100 valence electrons. The van der Waals surface area contributed by atoms with E-state index in [1.54, 1.807) is 19.9 Å². The van der Waals surface area contributed by atoms with Crippen LogP contribution >= 0.6 is 0 Å². The molecule has 1 aromatic carbocycles. The Kier molecular flexibility index (Phi) is 4.13. The maximum absolute atomic E-state index is 10.7. The molecular formula is C12H18N2O4. The molecular weight excluding hydrogens is 236 g/mol. The summed E-state index contributed by atoms with van der Waals surface area (Å²) in [6.45, 7) is 5.19. The van der Waals surface area contributed by atoms with Crippen LogP contribution in [0, 0.1) is 10.1 Å². The largest absolute Gasteiger partial charge is 0.494 e. The van der Waals surface area contributed by atoms with Crippen LogP contribution in [0.25, 0.3) is 0 Å². The van der Waals surface area contributed by atoms with Gasteiger partial charge in [-0.2, -0.15) is 0 Å². The van der Waals surface area contributed by atoms with Gasteiger partial charge in [-0.3, -0.25) is 10.1 Å². The van der Waals surface area contributed by atoms with Crippen molar-refractivity contribution in [1.29, 1.82) is 0 Å². The fourth-order valence-electron chi connectivity index (χ4n) is 1.32. The van der Waals surface area contributed by atoms with E-state index in [9.17, 15) is 15.2 Å². The van der Waals surface area contributed by atoms with Crippen molar-refractivity contribution < 1.29 is 14.8 Å². The Labute approximate surface area is 106 Å². The van der Waals surface area contributed by atoms with Crippen LogP contribution in [-0.4, -0.2) is 28.8 Å². The molecule has 0 amide bonds. The number of nitrogens with zero attached hydrogens (tertiary/aromatic N) is 1. The Balaban J connectivity index is 3.00. The van der Waals surface area contributed by atoms with Gasteiger partial charge in [-0.05, 0) is 26.8 Å². The molecule has 2 N–H and O–H groups in total. The van der Waals surface area contributed by atoms with Crippen molar-refractivity contribution in [3.63, 3.8) is 0 Å². The number of nitro groups is 1. The first kappa shape index (κ1) is 14.2. The number of aliphatic hydroxyl groups is 1. The van der Waals surface area contributed by atoms with E-state index in [-0.39, 0.29) is 11.7 Å². The van der Waals surface area contributed by atoms with Gasteiger partial charge in [-0.15, -0.1) is 0 Å². The highest BCUT2D eigenvalue weighted by Crippen LogP contribution is 2.30. The molecule has 0 aliphatic rings. The SMILES string of the molecule is COc1cc([N+](=O)[O-])ccc1NC(C)C(C)(C)O. The number of hydrogen-bond donors (Lipinski definition) is 2. The fraction of sp³-hybridized carbons (Fsp3) is 0.500. The quantitative estimate of drug-likeness (QED) is 0.621. The summed E-state index contributed by atoms with van der Waals surface area (Å²) < 4.78 is 5.10. The summed E-state index contributed by atoms with van der Waals surface area (Å²) in [5.74, 6) is 0.375. The third-order valence-electron chi connectivity index (χ3n) is 2.83. The van der Waals surface area contributed by atoms with Gasteiger partial charge in [0.1, 0.15) is 5.75 Å². The Hall–Kier alpha value is -1.82. The van der Waals surface area contributed by atoms with Gasteiger partial charge in [-0.1, -0.05) is 0 Å². The van der Waals surface area contributed by atoms with Gasteiger partial charge in [0.05, 0.1) is 35.4 Å². The standard InChI is InChI=1S/C12H18N2O4/c1-8(12(2,3)15)13-10-6-5-9(14(16)17)7-11(10)18-4/h5-8,13,15H,1-4H3. The third-order valence-corrected chi connectivity index (χ3v) is 2.83. The molecule has 1 rings (SSSR count). The van der Waals surface area contributed by atoms with E-state index >= 15 is 0 Å². The first-order valence-electron chi connectivity index (χ1n) is 5.57. The van der Waals surface area contributed by atoms with Gasteiger partial charge in [0.25, 0.3) is 5.69 Å². The van der Waals surface area contributed by atoms with Gasteiger partial charge >= 0.3 is 0 Å². The lowest BCUT2D eigenvalue weighted by Gasteiger charge is -2.28. The van der Waals surface area contributed by atoms with Crippen molar-refractivity contribution in [3.05, 3.63) is 28.3 Å². The second-order valence-electron chi connectivity index (χ2n) is 4.66. The molecule has 1 unspecified atom stereocenters. The summed E-state index contributed by atoms with van der Waals surface area (Å²) >= 11 is 0. The van der Waals surface area contributed by atoms with E-state index in [4.69, 9.17) is 4.74 Å². The summed E-state index contributed by atoms with van der Waals surface area (Å²) in [4.78, 5) is 10.2. The summed E-state index contributed by atoms with van der Waals surface area (Å²) in [5, 5.41) is 23.6. The second kappa shape index (κ2) is 5.22. The predicted molar refractivity (Wildman–Crippen MR) is 69.0 cm³/mol. The van der Waals surface area contributed by atoms with Crippen LogP contribution < -0.4 is 10.1 Å². The fourth-order valence-corrected chi connectivity index (χ4v) is 1.32. The summed E-state index contributed by atoms with van der Waals surface area (Å²) in [7, 11) is 1.44. The Bertz CT molecular complexity index is 440. The topological polar surface area (TPSA) is 84.6 Å². The maximum Gasteiger partial charge on any atom is 0.273 e. The van der Waals surface area contributed by atoms with Crippen LogP contribution in [0.3, 0.4) is 0 Å². The zero-order valence-electron chi connectivity index (χ0n) is 10.9. The minimum Gasteiger partial charge on any atom is -0.494 e. The molecule has 0 aliphatic carbocycles. The van der Waals surface area contributed by atoms with E-state index < -0.39 is 10.5 Å². The van der Waals surface area contributed by atoms with Crippen LogP contribution in [-0.2, 0) is 0 Å². The Morgan fingerprint density at radius 1 is 1.50 bits per heavy atom. The number of hydrogen-bond acceptors (Lipinski definition) is 5. The molecule has 6 nitrogen and oxygen atoms in total. The average Bonchev–Trinajstić information content (AvgIpc) is 2.27. The number of anilines is 1. The number of rotatable bonds is 5. The highest BCUT2D eigenvalue weighted by molar-refractivity contribution is 5.61. The van der Waals surface area contributed by atoms with E-state index in [1.165, 1.54) is 19.2 Å². The van der Waals surface area contributed by atoms with E-state index in [0.29, 0.717) is 11.4 Å². The van der Waals surface area contributed by atoms with E-state index in [0.717, 1.165) is 0 Å². The van der Waals surface area contributed by atoms with Gasteiger partial charge in [-0.25, -0.2) is 0 Å². The first-order valence-corrected chi connectivity index (χ1v) is 5.57. The first-order chi connectivity index (χ1) is 8.25. The van der Waals surface area contributed by atoms with Crippen molar-refractivity contribution in [1.82, 2.24) is 0 Å². The lowest BCUT2D eigenvalue weighted by molar-refractivity contribution is -0.384. The highest BCUT2D eigenvalue weighted by atomic mass is 16.6. The molecule has 0 bridgehead atoms. The molecule has 0 radical (unpaired) electrons. The molecule has 0 spiro atoms. The monoisotopic (exact) mass is 254 g/mol. The molecule has 0 heterocycles. The summed E-state index contributed by atoms with van der Waals surface area (Å²) in [6, 6.07) is 4.08. The molecule has 0 aliphatic heterocycles. The molecule has 6 heteroatoms. The van der Waals surface area contributed by atoms with E-state index in [2.05, 4.69) is 5.32 Å². The molecule has 0 saturated carbocycles. The van der Waals surface area contributed by atoms with Crippen LogP contribution in [0.4, 0.5) is 11.4 Å². The van der Waals surface area contributed by atoms with Crippen molar-refractivity contribution in [3.8, 4) is 5.75 Å². The zero-order valence-corrected chi connectivity index (χ0v) is 10.9. The van der Waals surface area contributed by atoms with Crippen LogP contribution in [0.1, 0.15) is 20.8 Å². The third kappa shape index (κ3) is 3.33. The van der Waals surface area contributed by atoms with Crippen molar-refractivity contribution in [2.24, 2.45) is 0 Å². The van der Waals surface area contributed by atoms with Gasteiger partial charge < -0.3 is 15.2 Å². The minimum absolute atomic E-state index is 0.0340. The maximum atomic E-state index is 10.7. The summed E-state index contributed by atoms with van der Waals surface area (Å²) in [5.41, 5.74) is -0.335. The Morgan fingerprint density at radius 2 is 2.11 bits per heavy atom. The van der Waals surface area contributed by atoms with Gasteiger partial charge in [0, 0.05) is 6.07 Å². The summed E-state index contributed by atoms with van der Waals surface area (Å²) in [6.07, 6.45) is 0. The van der Waals surface area contributed by atoms with Gasteiger partial charge in [0.2, 0.25) is 0 Å². The number of ether oxygens (including phenoxy) is 1. The van der Waals surface area contributed by atoms with E-state index in [1.807, 2.05) is 6.92 Å². The predicted octanol–water partition coefficient (Wildman–Crippen LogP) is 2.17. The van der Waals surface area contributed by atoms with Crippen molar-refractivity contribution >= 4 is 11.4 Å². The van der Waals surface area contributed by atoms with Crippen LogP contribution in [0.5, 0.6) is 5.75 Å². The molecule has 0 saturated heterocycles. The van der Waals surface area contributed by atoms with Crippen molar-refractivity contribution in [2.75, 3.05) is 12.4 Å². The molecule has 1 atom stereocenters. The Morgan fingerprint density at radius 3 is 2.56 bits per heavy atom. The lowest BCUT2D eigenvalue weighted by atomic mass is 10.0. The normalized spacial score (nSPS) is 12.9. The second-order valence-corrected chi connectivity index (χ2v) is 4.66. The number of nitrogens with one attached hydrogen (secondary N) is 1. The van der Waals surface area contributed by atoms with Crippen molar-refractivity contribution in [2.45, 2.75) is 32.4 Å². The number of nitro benzene ring substituents is 1. The number of methoxy groups -OCH3 is 1. The minimum atomic E-state index is -0.910. The molecule has 0 aromatic heterocycles. The molecule has 0 fully saturated rings. The average molecular weight is 254 g/mol. The van der Waals surface area contributed by atoms with Crippen LogP contribution in [0.15, 0.2) is 18.2 Å². The molecule has 18 heavy (non-hydrogen) atoms. The van der Waals surface area contributed by atoms with Crippen LogP contribution in [0.2, 0.25) is 0 Å².